The van der Waals surface area contributed by atoms with E-state index in [1.165, 1.54) is 21.3 Å². The number of carbonyl (C=O) groups excluding carboxylic acids is 2. The lowest BCUT2D eigenvalue weighted by Crippen LogP contribution is -2.48. The largest absolute Gasteiger partial charge is 0.460 e. The van der Waals surface area contributed by atoms with Crippen LogP contribution in [-0.2, 0) is 32.5 Å². The predicted molar refractivity (Wildman–Crippen MR) is 105 cm³/mol. The molecular formula is C19H22N2O6S2. The highest BCUT2D eigenvalue weighted by Crippen LogP contribution is 2.31. The molecule has 0 saturated carbocycles. The first-order chi connectivity index (χ1) is 13.9. The van der Waals surface area contributed by atoms with E-state index in [1.54, 1.807) is 23.2 Å². The van der Waals surface area contributed by atoms with Crippen LogP contribution in [0.1, 0.15) is 40.8 Å². The van der Waals surface area contributed by atoms with Gasteiger partial charge < -0.3 is 14.1 Å². The SMILES string of the molecule is CCOC(=O)c1ccc(S(=O)(=O)N2CCC[C@H]2C(=O)N2CCc3sccc3C2)o1. The number of esters is 1. The topological polar surface area (TPSA) is 97.1 Å². The Morgan fingerprint density at radius 3 is 2.90 bits per heavy atom. The van der Waals surface area contributed by atoms with Crippen LogP contribution >= 0.6 is 11.3 Å². The first-order valence-corrected chi connectivity index (χ1v) is 11.9. The molecule has 0 spiro atoms. The second kappa shape index (κ2) is 7.92. The molecule has 8 nitrogen and oxygen atoms in total. The average Bonchev–Trinajstić information content (AvgIpc) is 3.47. The van der Waals surface area contributed by atoms with E-state index in [9.17, 15) is 18.0 Å². The van der Waals surface area contributed by atoms with Crippen molar-refractivity contribution in [2.24, 2.45) is 0 Å². The number of furan rings is 1. The Labute approximate surface area is 173 Å². The Balaban J connectivity index is 1.53. The third-order valence-electron chi connectivity index (χ3n) is 5.23. The van der Waals surface area contributed by atoms with Crippen LogP contribution in [0.15, 0.2) is 33.1 Å². The summed E-state index contributed by atoms with van der Waals surface area (Å²) >= 11 is 1.69. The number of hydrogen-bond acceptors (Lipinski definition) is 7. The smallest absolute Gasteiger partial charge is 0.374 e. The van der Waals surface area contributed by atoms with Crippen LogP contribution in [0, 0.1) is 0 Å². The molecule has 4 heterocycles. The van der Waals surface area contributed by atoms with Crippen molar-refractivity contribution in [3.8, 4) is 0 Å². The van der Waals surface area contributed by atoms with E-state index in [1.807, 2.05) is 11.4 Å². The van der Waals surface area contributed by atoms with Gasteiger partial charge in [0.05, 0.1) is 6.61 Å². The van der Waals surface area contributed by atoms with Crippen molar-refractivity contribution in [1.29, 1.82) is 0 Å². The molecule has 1 fully saturated rings. The summed E-state index contributed by atoms with van der Waals surface area (Å²) in [6, 6.07) is 3.78. The lowest BCUT2D eigenvalue weighted by Gasteiger charge is -2.32. The van der Waals surface area contributed by atoms with Gasteiger partial charge in [-0.05, 0) is 55.3 Å². The molecule has 2 aromatic rings. The minimum atomic E-state index is -4.04. The fraction of sp³-hybridized carbons (Fsp3) is 0.474. The van der Waals surface area contributed by atoms with Gasteiger partial charge >= 0.3 is 5.97 Å². The molecule has 0 unspecified atom stereocenters. The molecule has 0 N–H and O–H groups in total. The summed E-state index contributed by atoms with van der Waals surface area (Å²) in [5, 5.41) is 1.67. The molecule has 2 aromatic heterocycles. The van der Waals surface area contributed by atoms with Gasteiger partial charge in [0.25, 0.3) is 10.0 Å². The standard InChI is InChI=1S/C19H22N2O6S2/c1-2-26-19(23)15-5-6-17(27-15)29(24,25)21-9-3-4-14(21)18(22)20-10-7-16-13(12-20)8-11-28-16/h5-6,8,11,14H,2-4,7,9-10,12H2,1H3/t14-/m0/s1. The third kappa shape index (κ3) is 3.72. The summed E-state index contributed by atoms with van der Waals surface area (Å²) in [6.07, 6.45) is 1.86. The van der Waals surface area contributed by atoms with Gasteiger partial charge in [0.2, 0.25) is 16.8 Å². The van der Waals surface area contributed by atoms with Crippen molar-refractivity contribution in [3.05, 3.63) is 39.8 Å². The van der Waals surface area contributed by atoms with Crippen LogP contribution in [0.4, 0.5) is 0 Å². The quantitative estimate of drug-likeness (QED) is 0.665. The first-order valence-electron chi connectivity index (χ1n) is 9.54. The summed E-state index contributed by atoms with van der Waals surface area (Å²) in [7, 11) is -4.04. The van der Waals surface area contributed by atoms with Crippen molar-refractivity contribution in [2.45, 2.75) is 43.9 Å². The maximum Gasteiger partial charge on any atom is 0.374 e. The molecule has 29 heavy (non-hydrogen) atoms. The van der Waals surface area contributed by atoms with Crippen LogP contribution < -0.4 is 0 Å². The molecular weight excluding hydrogens is 416 g/mol. The molecule has 2 aliphatic rings. The maximum atomic E-state index is 13.1. The summed E-state index contributed by atoms with van der Waals surface area (Å²) < 4.78 is 37.5. The van der Waals surface area contributed by atoms with E-state index in [4.69, 9.17) is 9.15 Å². The van der Waals surface area contributed by atoms with Gasteiger partial charge in [0.15, 0.2) is 0 Å². The minimum absolute atomic E-state index is 0.159. The highest BCUT2D eigenvalue weighted by atomic mass is 32.2. The molecule has 1 saturated heterocycles. The Hall–Kier alpha value is -2.17. The average molecular weight is 439 g/mol. The van der Waals surface area contributed by atoms with E-state index >= 15 is 0 Å². The molecule has 10 heteroatoms. The second-order valence-corrected chi connectivity index (χ2v) is 9.81. The number of amides is 1. The Morgan fingerprint density at radius 1 is 1.28 bits per heavy atom. The van der Waals surface area contributed by atoms with Crippen LogP contribution in [-0.4, -0.2) is 55.2 Å². The number of fused-ring (bicyclic) bond motifs is 1. The number of ether oxygens (including phenoxy) is 1. The van der Waals surface area contributed by atoms with Crippen LogP contribution in [0.3, 0.4) is 0 Å². The Morgan fingerprint density at radius 2 is 2.10 bits per heavy atom. The van der Waals surface area contributed by atoms with Crippen molar-refractivity contribution in [1.82, 2.24) is 9.21 Å². The minimum Gasteiger partial charge on any atom is -0.460 e. The first kappa shape index (κ1) is 20.1. The van der Waals surface area contributed by atoms with E-state index in [0.717, 1.165) is 12.0 Å². The number of carbonyl (C=O) groups is 2. The zero-order valence-corrected chi connectivity index (χ0v) is 17.6. The Bertz CT molecular complexity index is 1030. The highest BCUT2D eigenvalue weighted by Gasteiger charge is 2.43. The number of thiophene rings is 1. The van der Waals surface area contributed by atoms with Crippen LogP contribution in [0.2, 0.25) is 0 Å². The molecule has 0 bridgehead atoms. The molecule has 4 rings (SSSR count). The lowest BCUT2D eigenvalue weighted by molar-refractivity contribution is -0.135. The Kier molecular flexibility index (Phi) is 5.50. The fourth-order valence-electron chi connectivity index (χ4n) is 3.81. The molecule has 1 atom stereocenters. The van der Waals surface area contributed by atoms with E-state index < -0.39 is 22.0 Å². The van der Waals surface area contributed by atoms with Gasteiger partial charge in [-0.25, -0.2) is 13.2 Å². The van der Waals surface area contributed by atoms with Gasteiger partial charge in [-0.15, -0.1) is 11.3 Å². The normalized spacial score (nSPS) is 19.9. The van der Waals surface area contributed by atoms with E-state index in [0.29, 0.717) is 25.9 Å². The summed E-state index contributed by atoms with van der Waals surface area (Å²) in [5.41, 5.74) is 1.13. The number of rotatable bonds is 5. The number of hydrogen-bond donors (Lipinski definition) is 0. The van der Waals surface area contributed by atoms with E-state index in [-0.39, 0.29) is 29.9 Å². The van der Waals surface area contributed by atoms with Gasteiger partial charge in [0.1, 0.15) is 6.04 Å². The van der Waals surface area contributed by atoms with Gasteiger partial charge in [-0.1, -0.05) is 0 Å². The van der Waals surface area contributed by atoms with E-state index in [2.05, 4.69) is 0 Å². The number of nitrogens with zero attached hydrogens (tertiary/aromatic N) is 2. The lowest BCUT2D eigenvalue weighted by atomic mass is 10.1. The third-order valence-corrected chi connectivity index (χ3v) is 8.03. The second-order valence-electron chi connectivity index (χ2n) is 6.99. The van der Waals surface area contributed by atoms with Gasteiger partial charge in [-0.2, -0.15) is 4.31 Å². The number of sulfonamides is 1. The predicted octanol–water partition coefficient (Wildman–Crippen LogP) is 2.26. The zero-order valence-electron chi connectivity index (χ0n) is 16.0. The molecule has 1 amide bonds. The molecule has 0 aliphatic carbocycles. The van der Waals surface area contributed by atoms with Crippen LogP contribution in [0.5, 0.6) is 0 Å². The fourth-order valence-corrected chi connectivity index (χ4v) is 6.26. The highest BCUT2D eigenvalue weighted by molar-refractivity contribution is 7.89. The molecule has 156 valence electrons. The summed E-state index contributed by atoms with van der Waals surface area (Å²) in [6.45, 7) is 3.15. The van der Waals surface area contributed by atoms with Crippen molar-refractivity contribution >= 4 is 33.2 Å². The van der Waals surface area contributed by atoms with Crippen molar-refractivity contribution in [3.63, 3.8) is 0 Å². The van der Waals surface area contributed by atoms with Crippen molar-refractivity contribution in [2.75, 3.05) is 19.7 Å². The summed E-state index contributed by atoms with van der Waals surface area (Å²) in [4.78, 5) is 27.9. The van der Waals surface area contributed by atoms with Gasteiger partial charge in [-0.3, -0.25) is 4.79 Å². The van der Waals surface area contributed by atoms with Crippen LogP contribution in [0.25, 0.3) is 0 Å². The van der Waals surface area contributed by atoms with Crippen molar-refractivity contribution < 1.29 is 27.2 Å². The summed E-state index contributed by atoms with van der Waals surface area (Å²) in [5.74, 6) is -1.07. The maximum absolute atomic E-state index is 13.1. The molecule has 2 aliphatic heterocycles. The molecule has 0 aromatic carbocycles. The monoisotopic (exact) mass is 438 g/mol. The van der Waals surface area contributed by atoms with Gasteiger partial charge in [0, 0.05) is 24.5 Å². The zero-order chi connectivity index (χ0) is 20.6. The molecule has 0 radical (unpaired) electrons.